The zero-order chi connectivity index (χ0) is 34.2. The molecule has 12 nitrogen and oxygen atoms in total. The number of carbonyl (C=O) groups is 1. The summed E-state index contributed by atoms with van der Waals surface area (Å²) in [6.07, 6.45) is -2.77. The SMILES string of the molecule is O=C(O)c1ccccc1OS(=O)(=O)O.O=c1ccc2ccc(OCCCCN3CCN(c4cccc(Cl)c4C(F)(F)F)CC3)nc2[nH]1. The summed E-state index contributed by atoms with van der Waals surface area (Å²) >= 11 is 5.85. The molecule has 0 amide bonds. The van der Waals surface area contributed by atoms with E-state index in [0.29, 0.717) is 44.3 Å². The van der Waals surface area contributed by atoms with Crippen LogP contribution in [0.4, 0.5) is 18.9 Å². The number of aromatic nitrogens is 2. The number of hydrogen-bond acceptors (Lipinski definition) is 9. The lowest BCUT2D eigenvalue weighted by atomic mass is 10.1. The minimum atomic E-state index is -4.70. The number of rotatable bonds is 10. The number of H-pyrrole nitrogens is 1. The molecular weight excluding hydrogens is 669 g/mol. The van der Waals surface area contributed by atoms with Crippen LogP contribution in [0.2, 0.25) is 5.02 Å². The van der Waals surface area contributed by atoms with Crippen molar-refractivity contribution in [1.82, 2.24) is 14.9 Å². The van der Waals surface area contributed by atoms with Crippen molar-refractivity contribution in [3.05, 3.63) is 93.2 Å². The smallest absolute Gasteiger partial charge is 0.446 e. The van der Waals surface area contributed by atoms with E-state index in [2.05, 4.69) is 19.1 Å². The number of nitrogens with zero attached hydrogens (tertiary/aromatic N) is 3. The number of nitrogens with one attached hydrogen (secondary N) is 1. The summed E-state index contributed by atoms with van der Waals surface area (Å²) in [4.78, 5) is 33.0. The lowest BCUT2D eigenvalue weighted by molar-refractivity contribution is -0.137. The number of aromatic amines is 1. The monoisotopic (exact) mass is 698 g/mol. The number of ether oxygens (including phenoxy) is 1. The predicted molar refractivity (Wildman–Crippen MR) is 168 cm³/mol. The number of carboxylic acids is 1. The van der Waals surface area contributed by atoms with Gasteiger partial charge in [0.25, 0.3) is 0 Å². The van der Waals surface area contributed by atoms with Gasteiger partial charge in [-0.2, -0.15) is 26.6 Å². The third-order valence-electron chi connectivity index (χ3n) is 6.98. The van der Waals surface area contributed by atoms with Crippen LogP contribution in [0, 0.1) is 0 Å². The summed E-state index contributed by atoms with van der Waals surface area (Å²) in [5.74, 6) is -1.31. The Bertz CT molecular complexity index is 1870. The largest absolute Gasteiger partial charge is 0.478 e. The van der Waals surface area contributed by atoms with Crippen molar-refractivity contribution >= 4 is 44.7 Å². The fourth-order valence-corrected chi connectivity index (χ4v) is 5.45. The number of halogens is 4. The van der Waals surface area contributed by atoms with E-state index in [0.717, 1.165) is 36.9 Å². The van der Waals surface area contributed by atoms with Crippen LogP contribution in [-0.2, 0) is 16.6 Å². The topological polar surface area (TPSA) is 162 Å². The molecule has 0 atom stereocenters. The Morgan fingerprint density at radius 2 is 1.68 bits per heavy atom. The summed E-state index contributed by atoms with van der Waals surface area (Å²) in [5.41, 5.74) is -0.676. The second-order valence-electron chi connectivity index (χ2n) is 10.2. The van der Waals surface area contributed by atoms with Crippen LogP contribution in [0.1, 0.15) is 28.8 Å². The zero-order valence-corrected chi connectivity index (χ0v) is 26.2. The zero-order valence-electron chi connectivity index (χ0n) is 24.6. The highest BCUT2D eigenvalue weighted by molar-refractivity contribution is 7.81. The fourth-order valence-electron chi connectivity index (χ4n) is 4.80. The van der Waals surface area contributed by atoms with Gasteiger partial charge in [-0.15, -0.1) is 0 Å². The number of hydrogen-bond donors (Lipinski definition) is 3. The minimum Gasteiger partial charge on any atom is -0.478 e. The number of piperazine rings is 1. The molecule has 5 rings (SSSR count). The molecule has 0 bridgehead atoms. The Balaban J connectivity index is 0.000000300. The van der Waals surface area contributed by atoms with E-state index >= 15 is 0 Å². The second kappa shape index (κ2) is 15.5. The van der Waals surface area contributed by atoms with Gasteiger partial charge in [-0.25, -0.2) is 4.79 Å². The Morgan fingerprint density at radius 1 is 0.979 bits per heavy atom. The van der Waals surface area contributed by atoms with Gasteiger partial charge in [0.2, 0.25) is 11.4 Å². The van der Waals surface area contributed by atoms with Crippen molar-refractivity contribution in [3.8, 4) is 11.6 Å². The predicted octanol–water partition coefficient (Wildman–Crippen LogP) is 5.14. The number of anilines is 1. The molecule has 2 aromatic carbocycles. The van der Waals surface area contributed by atoms with Gasteiger partial charge in [0, 0.05) is 43.7 Å². The first kappa shape index (κ1) is 35.5. The minimum absolute atomic E-state index is 0.146. The van der Waals surface area contributed by atoms with Crippen LogP contribution in [0.5, 0.6) is 11.6 Å². The van der Waals surface area contributed by atoms with Gasteiger partial charge in [-0.3, -0.25) is 14.2 Å². The van der Waals surface area contributed by atoms with Gasteiger partial charge >= 0.3 is 22.5 Å². The number of benzene rings is 2. The maximum Gasteiger partial charge on any atom is 0.446 e. The first-order valence-electron chi connectivity index (χ1n) is 14.2. The summed E-state index contributed by atoms with van der Waals surface area (Å²) < 4.78 is 79.0. The van der Waals surface area contributed by atoms with Crippen LogP contribution in [0.25, 0.3) is 11.0 Å². The molecule has 0 radical (unpaired) electrons. The summed E-state index contributed by atoms with van der Waals surface area (Å²) in [6, 6.07) is 16.2. The quantitative estimate of drug-likeness (QED) is 0.148. The van der Waals surface area contributed by atoms with Crippen LogP contribution in [-0.4, -0.2) is 78.2 Å². The molecular formula is C30H30ClF3N4O8S. The third kappa shape index (κ3) is 10.3. The molecule has 1 aliphatic rings. The van der Waals surface area contributed by atoms with Gasteiger partial charge in [0.15, 0.2) is 5.75 Å². The van der Waals surface area contributed by atoms with Crippen molar-refractivity contribution in [2.45, 2.75) is 19.0 Å². The Kier molecular flexibility index (Phi) is 11.7. The van der Waals surface area contributed by atoms with Crippen molar-refractivity contribution < 1.29 is 45.0 Å². The maximum absolute atomic E-state index is 13.4. The summed E-state index contributed by atoms with van der Waals surface area (Å²) in [6.45, 7) is 3.73. The van der Waals surface area contributed by atoms with E-state index in [1.807, 2.05) is 6.07 Å². The van der Waals surface area contributed by atoms with Crippen LogP contribution in [0.3, 0.4) is 0 Å². The first-order valence-corrected chi connectivity index (χ1v) is 15.9. The van der Waals surface area contributed by atoms with Gasteiger partial charge in [0.1, 0.15) is 11.2 Å². The molecule has 2 aromatic heterocycles. The normalized spacial score (nSPS) is 13.9. The van der Waals surface area contributed by atoms with Crippen LogP contribution in [0.15, 0.2) is 71.5 Å². The highest BCUT2D eigenvalue weighted by atomic mass is 35.5. The Labute approximate surface area is 272 Å². The lowest BCUT2D eigenvalue weighted by Gasteiger charge is -2.37. The molecule has 4 aromatic rings. The van der Waals surface area contributed by atoms with E-state index in [4.69, 9.17) is 26.0 Å². The molecule has 0 unspecified atom stereocenters. The van der Waals surface area contributed by atoms with Crippen LogP contribution >= 0.6 is 11.6 Å². The average molecular weight is 699 g/mol. The summed E-state index contributed by atoms with van der Waals surface area (Å²) in [7, 11) is -4.70. The number of fused-ring (bicyclic) bond motifs is 1. The van der Waals surface area contributed by atoms with Gasteiger partial charge in [-0.1, -0.05) is 29.8 Å². The lowest BCUT2D eigenvalue weighted by Crippen LogP contribution is -2.47. The Hall–Kier alpha value is -4.38. The first-order chi connectivity index (χ1) is 22.2. The van der Waals surface area contributed by atoms with Gasteiger partial charge in [0.05, 0.1) is 22.9 Å². The second-order valence-corrected chi connectivity index (χ2v) is 11.7. The standard InChI is InChI=1S/C23H24ClF3N4O2.C7H6O6S/c24-17-4-3-5-18(21(17)23(25,26)27)31-13-11-30(12-14-31)10-1-2-15-33-20-9-7-16-6-8-19(32)28-22(16)29-20;8-7(9)5-3-1-2-4-6(5)13-14(10,11)12/h3-9H,1-2,10-15H2,(H,28,29,32);1-4H,(H,8,9)(H,10,11,12). The molecule has 3 heterocycles. The molecule has 0 aliphatic carbocycles. The van der Waals surface area contributed by atoms with Crippen molar-refractivity contribution in [2.75, 3.05) is 44.2 Å². The fraction of sp³-hybridized carbons (Fsp3) is 0.300. The van der Waals surface area contributed by atoms with Gasteiger partial charge in [-0.05, 0) is 55.8 Å². The Morgan fingerprint density at radius 3 is 2.36 bits per heavy atom. The van der Waals surface area contributed by atoms with Gasteiger partial charge < -0.3 is 23.9 Å². The maximum atomic E-state index is 13.4. The average Bonchev–Trinajstić information content (AvgIpc) is 3.00. The molecule has 1 fully saturated rings. The number of para-hydroxylation sites is 1. The molecule has 1 saturated heterocycles. The van der Waals surface area contributed by atoms with Crippen molar-refractivity contribution in [2.24, 2.45) is 0 Å². The third-order valence-corrected chi connectivity index (χ3v) is 7.68. The van der Waals surface area contributed by atoms with Crippen molar-refractivity contribution in [1.29, 1.82) is 0 Å². The molecule has 17 heteroatoms. The molecule has 3 N–H and O–H groups in total. The number of alkyl halides is 3. The molecule has 252 valence electrons. The van der Waals surface area contributed by atoms with E-state index in [1.165, 1.54) is 30.3 Å². The molecule has 47 heavy (non-hydrogen) atoms. The number of pyridine rings is 2. The number of carboxylic acid groups (broad SMARTS) is 1. The summed E-state index contributed by atoms with van der Waals surface area (Å²) in [5, 5.41) is 9.17. The van der Waals surface area contributed by atoms with Crippen LogP contribution < -0.4 is 19.4 Å². The molecule has 0 spiro atoms. The highest BCUT2D eigenvalue weighted by Gasteiger charge is 2.37. The number of aromatic carboxylic acids is 1. The van der Waals surface area contributed by atoms with Crippen molar-refractivity contribution in [3.63, 3.8) is 0 Å². The van der Waals surface area contributed by atoms with E-state index in [-0.39, 0.29) is 21.8 Å². The number of unbranched alkanes of at least 4 members (excludes halogenated alkanes) is 1. The van der Waals surface area contributed by atoms with E-state index in [1.54, 1.807) is 23.1 Å². The highest BCUT2D eigenvalue weighted by Crippen LogP contribution is 2.41. The molecule has 0 saturated carbocycles. The molecule has 1 aliphatic heterocycles. The van der Waals surface area contributed by atoms with E-state index in [9.17, 15) is 31.2 Å². The van der Waals surface area contributed by atoms with E-state index < -0.39 is 33.9 Å².